The molecular weight excluding hydrogens is 650 g/mol. The highest BCUT2D eigenvalue weighted by Gasteiger charge is 2.34. The fourth-order valence-corrected chi connectivity index (χ4v) is 6.58. The highest BCUT2D eigenvalue weighted by atomic mass is 32.1. The van der Waals surface area contributed by atoms with Crippen molar-refractivity contribution < 1.29 is 28.7 Å². The molecule has 0 saturated heterocycles. The van der Waals surface area contributed by atoms with Gasteiger partial charge < -0.3 is 14.2 Å². The van der Waals surface area contributed by atoms with Gasteiger partial charge in [-0.3, -0.25) is 24.3 Å². The minimum Gasteiger partial charge on any atom is -0.493 e. The third-order valence-corrected chi connectivity index (χ3v) is 8.64. The van der Waals surface area contributed by atoms with E-state index in [-0.39, 0.29) is 33.9 Å². The predicted octanol–water partition coefficient (Wildman–Crippen LogP) is 4.49. The van der Waals surface area contributed by atoms with Crippen LogP contribution in [0, 0.1) is 10.1 Å². The molecule has 3 heterocycles. The number of carbonyl (C=O) groups is 2. The summed E-state index contributed by atoms with van der Waals surface area (Å²) in [5.74, 6) is -0.776. The summed E-state index contributed by atoms with van der Waals surface area (Å²) in [5, 5.41) is 16.3. The lowest BCUT2D eigenvalue weighted by Gasteiger charge is -2.25. The normalized spacial score (nSPS) is 14.2. The lowest BCUT2D eigenvalue weighted by molar-refractivity contribution is -0.384. The number of para-hydroxylation sites is 1. The van der Waals surface area contributed by atoms with Crippen LogP contribution in [0.2, 0.25) is 0 Å². The van der Waals surface area contributed by atoms with Crippen molar-refractivity contribution in [1.29, 1.82) is 0 Å². The van der Waals surface area contributed by atoms with Gasteiger partial charge in [0, 0.05) is 36.4 Å². The zero-order valence-corrected chi connectivity index (χ0v) is 27.6. The van der Waals surface area contributed by atoms with E-state index in [9.17, 15) is 24.5 Å². The van der Waals surface area contributed by atoms with E-state index in [2.05, 4.69) is 4.99 Å². The molecule has 3 aromatic carbocycles. The van der Waals surface area contributed by atoms with Crippen LogP contribution in [-0.2, 0) is 14.3 Å². The molecule has 248 valence electrons. The number of hydrogen-bond donors (Lipinski definition) is 0. The second-order valence-corrected chi connectivity index (χ2v) is 11.8. The number of thiazole rings is 1. The zero-order valence-electron chi connectivity index (χ0n) is 26.8. The average molecular weight is 680 g/mol. The quantitative estimate of drug-likeness (QED) is 0.0948. The molecule has 2 aromatic heterocycles. The van der Waals surface area contributed by atoms with Gasteiger partial charge in [0.15, 0.2) is 16.3 Å². The van der Waals surface area contributed by atoms with Gasteiger partial charge in [0.25, 0.3) is 11.2 Å². The van der Waals surface area contributed by atoms with E-state index in [1.165, 1.54) is 36.8 Å². The van der Waals surface area contributed by atoms with E-state index in [4.69, 9.17) is 19.3 Å². The van der Waals surface area contributed by atoms with Crippen molar-refractivity contribution in [1.82, 2.24) is 14.3 Å². The van der Waals surface area contributed by atoms with Gasteiger partial charge in [-0.1, -0.05) is 47.7 Å². The summed E-state index contributed by atoms with van der Waals surface area (Å²) in [7, 11) is 1.42. The van der Waals surface area contributed by atoms with E-state index in [1.807, 2.05) is 30.3 Å². The number of allylic oxidation sites excluding steroid dienone is 1. The number of carbonyl (C=O) groups excluding carboxylic acids is 2. The van der Waals surface area contributed by atoms with Crippen LogP contribution in [0.25, 0.3) is 23.0 Å². The molecule has 1 aliphatic rings. The Morgan fingerprint density at radius 2 is 1.84 bits per heavy atom. The number of rotatable bonds is 9. The number of ether oxygens (including phenoxy) is 3. The van der Waals surface area contributed by atoms with Crippen LogP contribution >= 0.6 is 11.3 Å². The highest BCUT2D eigenvalue weighted by Crippen LogP contribution is 2.36. The fourth-order valence-electron chi connectivity index (χ4n) is 5.54. The molecule has 0 radical (unpaired) electrons. The Morgan fingerprint density at radius 3 is 2.53 bits per heavy atom. The number of nitro groups is 1. The molecule has 14 heteroatoms. The van der Waals surface area contributed by atoms with Crippen LogP contribution in [0.15, 0.2) is 100 Å². The minimum absolute atomic E-state index is 0.103. The van der Waals surface area contributed by atoms with Gasteiger partial charge in [-0.2, -0.15) is 5.10 Å². The molecule has 0 bridgehead atoms. The van der Waals surface area contributed by atoms with Gasteiger partial charge in [0.05, 0.1) is 46.2 Å². The summed E-state index contributed by atoms with van der Waals surface area (Å²) in [6, 6.07) is 19.3. The molecule has 0 N–H and O–H groups in total. The molecule has 1 aliphatic heterocycles. The Balaban J connectivity index is 1.57. The second kappa shape index (κ2) is 13.5. The smallest absolute Gasteiger partial charge is 0.338 e. The predicted molar refractivity (Wildman–Crippen MR) is 180 cm³/mol. The SMILES string of the molecule is CCOC(=O)C1=C(C)N=c2s/c(=C/c3cn(-c4ccccc4)nc3-c3cccc([N+](=O)[O-])c3)c(=O)n2[C@H]1c1ccc(OC(C)=O)c(OC)c1. The number of esters is 2. The van der Waals surface area contributed by atoms with Gasteiger partial charge in [-0.25, -0.2) is 14.5 Å². The number of nitrogens with zero attached hydrogens (tertiary/aromatic N) is 5. The van der Waals surface area contributed by atoms with Crippen molar-refractivity contribution in [3.8, 4) is 28.4 Å². The fraction of sp³-hybridized carbons (Fsp3) is 0.171. The lowest BCUT2D eigenvalue weighted by Crippen LogP contribution is -2.40. The Morgan fingerprint density at radius 1 is 1.06 bits per heavy atom. The van der Waals surface area contributed by atoms with Crippen LogP contribution in [0.3, 0.4) is 0 Å². The Labute approximate surface area is 282 Å². The van der Waals surface area contributed by atoms with Gasteiger partial charge in [0.2, 0.25) is 0 Å². The summed E-state index contributed by atoms with van der Waals surface area (Å²) in [6.45, 7) is 4.73. The van der Waals surface area contributed by atoms with Crippen molar-refractivity contribution in [3.05, 3.63) is 131 Å². The number of nitro benzene ring substituents is 1. The van der Waals surface area contributed by atoms with Gasteiger partial charge in [0.1, 0.15) is 5.69 Å². The topological polar surface area (TPSA) is 157 Å². The summed E-state index contributed by atoms with van der Waals surface area (Å²) in [5.41, 5.74) is 2.66. The number of non-ortho nitro benzene ring substituents is 1. The molecular formula is C35H29N5O8S. The monoisotopic (exact) mass is 679 g/mol. The van der Waals surface area contributed by atoms with Crippen molar-refractivity contribution >= 4 is 35.0 Å². The Kier molecular flexibility index (Phi) is 9.05. The molecule has 0 unspecified atom stereocenters. The zero-order chi connectivity index (χ0) is 34.8. The molecule has 0 saturated carbocycles. The first-order valence-electron chi connectivity index (χ1n) is 15.1. The van der Waals surface area contributed by atoms with Crippen LogP contribution in [0.4, 0.5) is 5.69 Å². The summed E-state index contributed by atoms with van der Waals surface area (Å²) < 4.78 is 19.5. The second-order valence-electron chi connectivity index (χ2n) is 10.8. The average Bonchev–Trinajstić information content (AvgIpc) is 3.65. The standard InChI is InChI=1S/C35H29N5O8S/c1-5-47-34(43)30-20(2)36-35-39(32(30)23-14-15-27(48-21(3)41)28(17-23)46-4)33(42)29(49-35)18-24-19-38(25-11-7-6-8-12-25)37-31(24)22-10-9-13-26(16-22)40(44)45/h6-19,32H,5H2,1-4H3/b29-18+/t32-/m0/s1. The number of benzene rings is 3. The van der Waals surface area contributed by atoms with Crippen LogP contribution < -0.4 is 24.4 Å². The highest BCUT2D eigenvalue weighted by molar-refractivity contribution is 7.07. The molecule has 13 nitrogen and oxygen atoms in total. The maximum Gasteiger partial charge on any atom is 0.338 e. The van der Waals surface area contributed by atoms with E-state index in [0.717, 1.165) is 17.0 Å². The summed E-state index contributed by atoms with van der Waals surface area (Å²) in [6.07, 6.45) is 3.41. The third-order valence-electron chi connectivity index (χ3n) is 7.65. The Bertz CT molecular complexity index is 2340. The van der Waals surface area contributed by atoms with E-state index in [0.29, 0.717) is 32.9 Å². The van der Waals surface area contributed by atoms with Crippen molar-refractivity contribution in [2.45, 2.75) is 26.8 Å². The van der Waals surface area contributed by atoms with Gasteiger partial charge >= 0.3 is 11.9 Å². The number of methoxy groups -OCH3 is 1. The van der Waals surface area contributed by atoms with E-state index in [1.54, 1.807) is 55.1 Å². The number of aromatic nitrogens is 3. The van der Waals surface area contributed by atoms with E-state index >= 15 is 0 Å². The molecule has 0 aliphatic carbocycles. The molecule has 5 aromatic rings. The van der Waals surface area contributed by atoms with Crippen LogP contribution in [0.1, 0.15) is 37.9 Å². The minimum atomic E-state index is -0.957. The summed E-state index contributed by atoms with van der Waals surface area (Å²) >= 11 is 1.12. The maximum absolute atomic E-state index is 14.4. The molecule has 49 heavy (non-hydrogen) atoms. The van der Waals surface area contributed by atoms with Crippen molar-refractivity contribution in [2.75, 3.05) is 13.7 Å². The lowest BCUT2D eigenvalue weighted by atomic mass is 9.95. The van der Waals surface area contributed by atoms with Crippen molar-refractivity contribution in [2.24, 2.45) is 4.99 Å². The van der Waals surface area contributed by atoms with E-state index < -0.39 is 28.5 Å². The van der Waals surface area contributed by atoms with Crippen LogP contribution in [0.5, 0.6) is 11.5 Å². The first-order chi connectivity index (χ1) is 23.6. The van der Waals surface area contributed by atoms with Crippen LogP contribution in [-0.4, -0.2) is 44.9 Å². The first kappa shape index (κ1) is 32.8. The summed E-state index contributed by atoms with van der Waals surface area (Å²) in [4.78, 5) is 55.5. The van der Waals surface area contributed by atoms with Gasteiger partial charge in [-0.05, 0) is 49.8 Å². The molecule has 0 spiro atoms. The molecule has 0 amide bonds. The number of hydrogen-bond acceptors (Lipinski definition) is 11. The Hall–Kier alpha value is -6.15. The van der Waals surface area contributed by atoms with Gasteiger partial charge in [-0.15, -0.1) is 0 Å². The number of fused-ring (bicyclic) bond motifs is 1. The first-order valence-corrected chi connectivity index (χ1v) is 15.9. The molecule has 1 atom stereocenters. The van der Waals surface area contributed by atoms with Crippen molar-refractivity contribution in [3.63, 3.8) is 0 Å². The third kappa shape index (κ3) is 6.41. The maximum atomic E-state index is 14.4. The molecule has 6 rings (SSSR count). The molecule has 0 fully saturated rings. The largest absolute Gasteiger partial charge is 0.493 e.